The first-order chi connectivity index (χ1) is 15.2. The molecule has 0 unspecified atom stereocenters. The lowest BCUT2D eigenvalue weighted by molar-refractivity contribution is 0.0938. The Hall–Kier alpha value is -3.65. The van der Waals surface area contributed by atoms with Gasteiger partial charge in [0.05, 0.1) is 13.7 Å². The summed E-state index contributed by atoms with van der Waals surface area (Å²) in [5.74, 6) is 1.03. The van der Waals surface area contributed by atoms with E-state index >= 15 is 0 Å². The summed E-state index contributed by atoms with van der Waals surface area (Å²) in [6.45, 7) is 0.972. The maximum atomic E-state index is 12.5. The molecule has 0 fully saturated rings. The SMILES string of the molecule is COc1ccc(COc2nc(N3CCc4ccccc43)ncc2C(=O)NCCO)cc1. The number of nitrogens with one attached hydrogen (secondary N) is 1. The first kappa shape index (κ1) is 20.6. The normalized spacial score (nSPS) is 12.4. The quantitative estimate of drug-likeness (QED) is 0.578. The smallest absolute Gasteiger partial charge is 0.258 e. The number of carbonyl (C=O) groups excluding carboxylic acids is 1. The highest BCUT2D eigenvalue weighted by Crippen LogP contribution is 2.33. The number of amides is 1. The van der Waals surface area contributed by atoms with Gasteiger partial charge >= 0.3 is 0 Å². The number of hydrogen-bond acceptors (Lipinski definition) is 7. The molecule has 0 spiro atoms. The van der Waals surface area contributed by atoms with Crippen LogP contribution in [-0.2, 0) is 13.0 Å². The molecule has 0 radical (unpaired) electrons. The molecule has 160 valence electrons. The molecular weight excluding hydrogens is 396 g/mol. The van der Waals surface area contributed by atoms with Gasteiger partial charge in [-0.1, -0.05) is 30.3 Å². The number of fused-ring (bicyclic) bond motifs is 1. The Bertz CT molecular complexity index is 1060. The molecule has 4 rings (SSSR count). The van der Waals surface area contributed by atoms with E-state index < -0.39 is 5.91 Å². The molecule has 1 aliphatic heterocycles. The molecule has 0 bridgehead atoms. The van der Waals surface area contributed by atoms with Crippen molar-refractivity contribution in [3.63, 3.8) is 0 Å². The predicted molar refractivity (Wildman–Crippen MR) is 116 cm³/mol. The van der Waals surface area contributed by atoms with Crippen LogP contribution in [0.3, 0.4) is 0 Å². The third kappa shape index (κ3) is 4.59. The van der Waals surface area contributed by atoms with Crippen molar-refractivity contribution >= 4 is 17.5 Å². The first-order valence-electron chi connectivity index (χ1n) is 10.1. The van der Waals surface area contributed by atoms with Crippen molar-refractivity contribution in [2.45, 2.75) is 13.0 Å². The zero-order valence-corrected chi connectivity index (χ0v) is 17.2. The Balaban J connectivity index is 1.61. The molecule has 0 aliphatic carbocycles. The van der Waals surface area contributed by atoms with Crippen LogP contribution in [0.2, 0.25) is 0 Å². The molecule has 0 saturated heterocycles. The second-order valence-corrected chi connectivity index (χ2v) is 7.04. The van der Waals surface area contributed by atoms with Crippen molar-refractivity contribution in [1.29, 1.82) is 0 Å². The van der Waals surface area contributed by atoms with Crippen LogP contribution < -0.4 is 19.7 Å². The third-order valence-electron chi connectivity index (χ3n) is 5.05. The fraction of sp³-hybridized carbons (Fsp3) is 0.261. The highest BCUT2D eigenvalue weighted by Gasteiger charge is 2.24. The summed E-state index contributed by atoms with van der Waals surface area (Å²) in [6, 6.07) is 15.6. The number of carbonyl (C=O) groups is 1. The van der Waals surface area contributed by atoms with E-state index in [-0.39, 0.29) is 31.2 Å². The maximum absolute atomic E-state index is 12.5. The van der Waals surface area contributed by atoms with Gasteiger partial charge in [0.15, 0.2) is 0 Å². The van der Waals surface area contributed by atoms with E-state index in [4.69, 9.17) is 14.6 Å². The van der Waals surface area contributed by atoms with Gasteiger partial charge in [-0.15, -0.1) is 0 Å². The van der Waals surface area contributed by atoms with E-state index in [0.29, 0.717) is 5.95 Å². The predicted octanol–water partition coefficient (Wildman–Crippen LogP) is 2.48. The van der Waals surface area contributed by atoms with Crippen molar-refractivity contribution < 1.29 is 19.4 Å². The van der Waals surface area contributed by atoms with Gasteiger partial charge < -0.3 is 24.8 Å². The van der Waals surface area contributed by atoms with Crippen LogP contribution in [0.4, 0.5) is 11.6 Å². The molecule has 1 aromatic heterocycles. The summed E-state index contributed by atoms with van der Waals surface area (Å²) in [6.07, 6.45) is 2.37. The van der Waals surface area contributed by atoms with Gasteiger partial charge in [0.1, 0.15) is 17.9 Å². The number of anilines is 2. The first-order valence-corrected chi connectivity index (χ1v) is 10.1. The minimum atomic E-state index is -0.396. The average molecular weight is 420 g/mol. The topological polar surface area (TPSA) is 96.8 Å². The zero-order valence-electron chi connectivity index (χ0n) is 17.2. The van der Waals surface area contributed by atoms with Crippen LogP contribution in [0.15, 0.2) is 54.7 Å². The van der Waals surface area contributed by atoms with Crippen LogP contribution in [0.1, 0.15) is 21.5 Å². The van der Waals surface area contributed by atoms with Crippen LogP contribution >= 0.6 is 0 Å². The molecule has 2 N–H and O–H groups in total. The lowest BCUT2D eigenvalue weighted by atomic mass is 10.2. The number of hydrogen-bond donors (Lipinski definition) is 2. The second-order valence-electron chi connectivity index (χ2n) is 7.04. The van der Waals surface area contributed by atoms with Gasteiger partial charge in [-0.2, -0.15) is 4.98 Å². The second kappa shape index (κ2) is 9.44. The molecule has 8 nitrogen and oxygen atoms in total. The Labute approximate surface area is 180 Å². The summed E-state index contributed by atoms with van der Waals surface area (Å²) in [5, 5.41) is 11.6. The maximum Gasteiger partial charge on any atom is 0.258 e. The molecule has 3 aromatic rings. The van der Waals surface area contributed by atoms with Crippen molar-refractivity contribution in [3.05, 3.63) is 71.4 Å². The Morgan fingerprint density at radius 1 is 1.19 bits per heavy atom. The van der Waals surface area contributed by atoms with E-state index in [1.807, 2.05) is 47.4 Å². The fourth-order valence-electron chi connectivity index (χ4n) is 3.44. The van der Waals surface area contributed by atoms with Gasteiger partial charge in [0.25, 0.3) is 5.91 Å². The van der Waals surface area contributed by atoms with Crippen LogP contribution in [0.5, 0.6) is 11.6 Å². The summed E-state index contributed by atoms with van der Waals surface area (Å²) in [5.41, 5.74) is 3.42. The number of nitrogens with zero attached hydrogens (tertiary/aromatic N) is 3. The third-order valence-corrected chi connectivity index (χ3v) is 5.05. The summed E-state index contributed by atoms with van der Waals surface area (Å²) < 4.78 is 11.1. The standard InChI is InChI=1S/C23H24N4O4/c1-30-18-8-6-16(7-9-18)15-31-22-19(21(29)24-11-13-28)14-25-23(26-22)27-12-10-17-4-2-3-5-20(17)27/h2-9,14,28H,10-13,15H2,1H3,(H,24,29). The summed E-state index contributed by atoms with van der Waals surface area (Å²) in [4.78, 5) is 23.6. The minimum Gasteiger partial charge on any atom is -0.497 e. The lowest BCUT2D eigenvalue weighted by Gasteiger charge is -2.19. The molecule has 2 aromatic carbocycles. The number of aromatic nitrogens is 2. The van der Waals surface area contributed by atoms with Crippen LogP contribution in [-0.4, -0.2) is 47.8 Å². The molecule has 8 heteroatoms. The number of ether oxygens (including phenoxy) is 2. The van der Waals surface area contributed by atoms with E-state index in [0.717, 1.165) is 30.0 Å². The van der Waals surface area contributed by atoms with Gasteiger partial charge in [-0.25, -0.2) is 4.98 Å². The van der Waals surface area contributed by atoms with Crippen molar-refractivity contribution in [2.75, 3.05) is 31.7 Å². The van der Waals surface area contributed by atoms with Gasteiger partial charge in [-0.3, -0.25) is 4.79 Å². The van der Waals surface area contributed by atoms with Crippen molar-refractivity contribution in [1.82, 2.24) is 15.3 Å². The van der Waals surface area contributed by atoms with Gasteiger partial charge in [0, 0.05) is 25.0 Å². The molecule has 31 heavy (non-hydrogen) atoms. The Morgan fingerprint density at radius 2 is 2.00 bits per heavy atom. The monoisotopic (exact) mass is 420 g/mol. The fourth-order valence-corrected chi connectivity index (χ4v) is 3.44. The number of benzene rings is 2. The highest BCUT2D eigenvalue weighted by molar-refractivity contribution is 5.96. The lowest BCUT2D eigenvalue weighted by Crippen LogP contribution is -2.28. The van der Waals surface area contributed by atoms with E-state index in [1.165, 1.54) is 11.8 Å². The number of rotatable bonds is 8. The zero-order chi connectivity index (χ0) is 21.6. The molecule has 1 aliphatic rings. The van der Waals surface area contributed by atoms with E-state index in [1.54, 1.807) is 7.11 Å². The Morgan fingerprint density at radius 3 is 2.77 bits per heavy atom. The van der Waals surface area contributed by atoms with Crippen LogP contribution in [0.25, 0.3) is 0 Å². The Kier molecular flexibility index (Phi) is 6.28. The van der Waals surface area contributed by atoms with Crippen molar-refractivity contribution in [2.24, 2.45) is 0 Å². The molecule has 0 atom stereocenters. The van der Waals surface area contributed by atoms with Gasteiger partial charge in [-0.05, 0) is 35.7 Å². The largest absolute Gasteiger partial charge is 0.497 e. The molecule has 1 amide bonds. The summed E-state index contributed by atoms with van der Waals surface area (Å²) in [7, 11) is 1.61. The van der Waals surface area contributed by atoms with Crippen LogP contribution in [0, 0.1) is 0 Å². The molecule has 2 heterocycles. The number of para-hydroxylation sites is 1. The number of aliphatic hydroxyl groups excluding tert-OH is 1. The van der Waals surface area contributed by atoms with E-state index in [9.17, 15) is 4.79 Å². The van der Waals surface area contributed by atoms with E-state index in [2.05, 4.69) is 21.4 Å². The van der Waals surface area contributed by atoms with Crippen molar-refractivity contribution in [3.8, 4) is 11.6 Å². The molecule has 0 saturated carbocycles. The minimum absolute atomic E-state index is 0.137. The number of methoxy groups -OCH3 is 1. The highest BCUT2D eigenvalue weighted by atomic mass is 16.5. The molecular formula is C23H24N4O4. The number of aliphatic hydroxyl groups is 1. The average Bonchev–Trinajstić information content (AvgIpc) is 3.25. The summed E-state index contributed by atoms with van der Waals surface area (Å²) >= 11 is 0. The van der Waals surface area contributed by atoms with Gasteiger partial charge in [0.2, 0.25) is 11.8 Å².